The van der Waals surface area contributed by atoms with E-state index in [4.69, 9.17) is 0 Å². The first-order chi connectivity index (χ1) is 11.3. The average molecular weight is 333 g/mol. The van der Waals surface area contributed by atoms with Crippen LogP contribution in [0.15, 0.2) is 48.5 Å². The van der Waals surface area contributed by atoms with E-state index in [0.717, 1.165) is 23.0 Å². The minimum Gasteiger partial charge on any atom is -0.465 e. The largest absolute Gasteiger partial charge is 0.465 e. The molecule has 2 aromatic carbocycles. The lowest BCUT2D eigenvalue weighted by molar-refractivity contribution is -0.137. The number of nitrogens with zero attached hydrogens (tertiary/aromatic N) is 1. The molecule has 0 atom stereocenters. The molecule has 3 aromatic rings. The molecule has 0 radical (unpaired) electrons. The first-order valence-electron chi connectivity index (χ1n) is 7.16. The van der Waals surface area contributed by atoms with Gasteiger partial charge in [0.05, 0.1) is 18.2 Å². The van der Waals surface area contributed by atoms with Crippen molar-refractivity contribution >= 4 is 16.9 Å². The molecule has 0 N–H and O–H groups in total. The van der Waals surface area contributed by atoms with Gasteiger partial charge >= 0.3 is 12.1 Å². The van der Waals surface area contributed by atoms with Crippen molar-refractivity contribution < 1.29 is 22.7 Å². The highest BCUT2D eigenvalue weighted by Crippen LogP contribution is 2.34. The minimum absolute atomic E-state index is 0.395. The topological polar surface area (TPSA) is 31.2 Å². The van der Waals surface area contributed by atoms with Gasteiger partial charge in [0.1, 0.15) is 0 Å². The minimum atomic E-state index is -4.39. The van der Waals surface area contributed by atoms with Crippen LogP contribution in [-0.2, 0) is 18.0 Å². The third kappa shape index (κ3) is 2.75. The fraction of sp³-hybridized carbons (Fsp3) is 0.167. The summed E-state index contributed by atoms with van der Waals surface area (Å²) >= 11 is 0. The molecule has 0 fully saturated rings. The second-order valence-corrected chi connectivity index (χ2v) is 5.43. The number of aryl methyl sites for hydroxylation is 1. The van der Waals surface area contributed by atoms with Crippen molar-refractivity contribution in [2.75, 3.05) is 7.11 Å². The van der Waals surface area contributed by atoms with E-state index in [1.54, 1.807) is 41.9 Å². The Morgan fingerprint density at radius 3 is 2.50 bits per heavy atom. The number of methoxy groups -OCH3 is 1. The maximum atomic E-state index is 12.9. The molecule has 24 heavy (non-hydrogen) atoms. The number of ether oxygens (including phenoxy) is 1. The van der Waals surface area contributed by atoms with Crippen LogP contribution in [0.3, 0.4) is 0 Å². The molecule has 0 saturated carbocycles. The van der Waals surface area contributed by atoms with Crippen molar-refractivity contribution in [3.63, 3.8) is 0 Å². The number of carbonyl (C=O) groups is 1. The van der Waals surface area contributed by atoms with Crippen molar-refractivity contribution in [1.29, 1.82) is 0 Å². The van der Waals surface area contributed by atoms with Crippen LogP contribution in [0, 0.1) is 0 Å². The lowest BCUT2D eigenvalue weighted by Gasteiger charge is -2.09. The number of fused-ring (bicyclic) bond motifs is 1. The smallest absolute Gasteiger partial charge is 0.416 e. The standard InChI is InChI=1S/C18H14F3NO2/c1-22-15-7-6-12(17(23)24-2)8-13(15)10-16(22)11-4-3-5-14(9-11)18(19,20)21/h3-10H,1-2H3. The summed E-state index contributed by atoms with van der Waals surface area (Å²) in [6.07, 6.45) is -4.39. The number of hydrogen-bond acceptors (Lipinski definition) is 2. The number of halogens is 3. The summed E-state index contributed by atoms with van der Waals surface area (Å²) in [6, 6.07) is 12.0. The molecule has 3 nitrogen and oxygen atoms in total. The van der Waals surface area contributed by atoms with Gasteiger partial charge in [-0.3, -0.25) is 0 Å². The van der Waals surface area contributed by atoms with Crippen LogP contribution in [0.1, 0.15) is 15.9 Å². The van der Waals surface area contributed by atoms with Crippen LogP contribution in [-0.4, -0.2) is 17.6 Å². The van der Waals surface area contributed by atoms with E-state index in [1.165, 1.54) is 13.2 Å². The zero-order chi connectivity index (χ0) is 17.5. The van der Waals surface area contributed by atoms with E-state index in [0.29, 0.717) is 16.8 Å². The van der Waals surface area contributed by atoms with Gasteiger partial charge in [-0.05, 0) is 42.0 Å². The molecule has 0 unspecified atom stereocenters. The molecule has 0 amide bonds. The zero-order valence-corrected chi connectivity index (χ0v) is 13.0. The number of rotatable bonds is 2. The zero-order valence-electron chi connectivity index (χ0n) is 13.0. The van der Waals surface area contributed by atoms with Crippen LogP contribution in [0.2, 0.25) is 0 Å². The second-order valence-electron chi connectivity index (χ2n) is 5.43. The van der Waals surface area contributed by atoms with Gasteiger partial charge in [-0.1, -0.05) is 12.1 Å². The summed E-state index contributed by atoms with van der Waals surface area (Å²) in [7, 11) is 3.07. The monoisotopic (exact) mass is 333 g/mol. The maximum absolute atomic E-state index is 12.9. The predicted octanol–water partition coefficient (Wildman–Crippen LogP) is 4.65. The average Bonchev–Trinajstić information content (AvgIpc) is 2.90. The molecule has 3 rings (SSSR count). The van der Waals surface area contributed by atoms with Crippen LogP contribution in [0.25, 0.3) is 22.2 Å². The fourth-order valence-corrected chi connectivity index (χ4v) is 2.73. The first-order valence-corrected chi connectivity index (χ1v) is 7.16. The number of esters is 1. The summed E-state index contributed by atoms with van der Waals surface area (Å²) in [5.74, 6) is -0.457. The third-order valence-corrected chi connectivity index (χ3v) is 3.95. The quantitative estimate of drug-likeness (QED) is 0.639. The molecule has 0 spiro atoms. The summed E-state index contributed by atoms with van der Waals surface area (Å²) in [5.41, 5.74) is 1.61. The highest BCUT2D eigenvalue weighted by atomic mass is 19.4. The van der Waals surface area contributed by atoms with Gasteiger partial charge in [0.2, 0.25) is 0 Å². The van der Waals surface area contributed by atoms with E-state index in [2.05, 4.69) is 4.74 Å². The summed E-state index contributed by atoms with van der Waals surface area (Å²) < 4.78 is 45.2. The van der Waals surface area contributed by atoms with Crippen LogP contribution in [0.4, 0.5) is 13.2 Å². The van der Waals surface area contributed by atoms with Crippen molar-refractivity contribution in [3.05, 3.63) is 59.7 Å². The van der Waals surface area contributed by atoms with Crippen LogP contribution >= 0.6 is 0 Å². The predicted molar refractivity (Wildman–Crippen MR) is 84.7 cm³/mol. The SMILES string of the molecule is COC(=O)c1ccc2c(c1)cc(-c1cccc(C(F)(F)F)c1)n2C. The Morgan fingerprint density at radius 1 is 1.08 bits per heavy atom. The van der Waals surface area contributed by atoms with Gasteiger partial charge in [0, 0.05) is 23.6 Å². The molecule has 0 aliphatic carbocycles. The Kier molecular flexibility index (Phi) is 3.83. The first kappa shape index (κ1) is 16.1. The normalized spacial score (nSPS) is 11.7. The van der Waals surface area contributed by atoms with Gasteiger partial charge in [-0.2, -0.15) is 13.2 Å². The highest BCUT2D eigenvalue weighted by Gasteiger charge is 2.30. The van der Waals surface area contributed by atoms with E-state index in [-0.39, 0.29) is 0 Å². The van der Waals surface area contributed by atoms with Gasteiger partial charge in [0.25, 0.3) is 0 Å². The van der Waals surface area contributed by atoms with Crippen molar-refractivity contribution in [2.45, 2.75) is 6.18 Å². The number of hydrogen-bond donors (Lipinski definition) is 0. The Morgan fingerprint density at radius 2 is 1.83 bits per heavy atom. The number of benzene rings is 2. The number of aromatic nitrogens is 1. The molecule has 0 bridgehead atoms. The third-order valence-electron chi connectivity index (χ3n) is 3.95. The van der Waals surface area contributed by atoms with Gasteiger partial charge in [-0.25, -0.2) is 4.79 Å². The summed E-state index contributed by atoms with van der Waals surface area (Å²) in [4.78, 5) is 11.6. The molecule has 124 valence electrons. The van der Waals surface area contributed by atoms with Crippen LogP contribution in [0.5, 0.6) is 0 Å². The Hall–Kier alpha value is -2.76. The van der Waals surface area contributed by atoms with Crippen molar-refractivity contribution in [2.24, 2.45) is 7.05 Å². The Labute approximate surface area is 136 Å². The van der Waals surface area contributed by atoms with E-state index in [9.17, 15) is 18.0 Å². The van der Waals surface area contributed by atoms with E-state index >= 15 is 0 Å². The molecule has 0 aliphatic rings. The second kappa shape index (κ2) is 5.70. The molecular weight excluding hydrogens is 319 g/mol. The lowest BCUT2D eigenvalue weighted by atomic mass is 10.1. The number of carbonyl (C=O) groups excluding carboxylic acids is 1. The number of alkyl halides is 3. The summed E-state index contributed by atoms with van der Waals surface area (Å²) in [5, 5.41) is 0.757. The van der Waals surface area contributed by atoms with Crippen molar-refractivity contribution in [3.8, 4) is 11.3 Å². The Balaban J connectivity index is 2.14. The fourth-order valence-electron chi connectivity index (χ4n) is 2.73. The Bertz CT molecular complexity index is 926. The van der Waals surface area contributed by atoms with E-state index < -0.39 is 17.7 Å². The van der Waals surface area contributed by atoms with Crippen LogP contribution < -0.4 is 0 Å². The lowest BCUT2D eigenvalue weighted by Crippen LogP contribution is -2.04. The molecule has 0 saturated heterocycles. The maximum Gasteiger partial charge on any atom is 0.416 e. The van der Waals surface area contributed by atoms with Gasteiger partial charge < -0.3 is 9.30 Å². The van der Waals surface area contributed by atoms with Gasteiger partial charge in [0.15, 0.2) is 0 Å². The van der Waals surface area contributed by atoms with Crippen molar-refractivity contribution in [1.82, 2.24) is 4.57 Å². The van der Waals surface area contributed by atoms with Gasteiger partial charge in [-0.15, -0.1) is 0 Å². The molecule has 0 aliphatic heterocycles. The summed E-state index contributed by atoms with van der Waals surface area (Å²) in [6.45, 7) is 0. The molecule has 1 heterocycles. The molecule has 1 aromatic heterocycles. The highest BCUT2D eigenvalue weighted by molar-refractivity contribution is 5.96. The van der Waals surface area contributed by atoms with E-state index in [1.807, 2.05) is 0 Å². The molecule has 6 heteroatoms. The molecular formula is C18H14F3NO2.